The first-order chi connectivity index (χ1) is 12.9. The number of nitrogens with zero attached hydrogens (tertiary/aromatic N) is 4. The monoisotopic (exact) mass is 382 g/mol. The molecule has 3 aromatic rings. The number of hydrogen-bond donors (Lipinski definition) is 0. The summed E-state index contributed by atoms with van der Waals surface area (Å²) in [6.45, 7) is 11.6. The Kier molecular flexibility index (Phi) is 3.92. The summed E-state index contributed by atoms with van der Waals surface area (Å²) in [5.41, 5.74) is 4.62. The van der Waals surface area contributed by atoms with Crippen LogP contribution in [0.1, 0.15) is 50.4 Å². The van der Waals surface area contributed by atoms with Crippen molar-refractivity contribution in [3.05, 3.63) is 23.1 Å². The van der Waals surface area contributed by atoms with E-state index in [0.29, 0.717) is 6.61 Å². The van der Waals surface area contributed by atoms with Gasteiger partial charge in [0.05, 0.1) is 22.4 Å². The highest BCUT2D eigenvalue weighted by molar-refractivity contribution is 7.26. The normalized spacial score (nSPS) is 20.4. The molecule has 5 heterocycles. The van der Waals surface area contributed by atoms with Gasteiger partial charge in [-0.3, -0.25) is 0 Å². The predicted molar refractivity (Wildman–Crippen MR) is 111 cm³/mol. The molecule has 2 aliphatic heterocycles. The summed E-state index contributed by atoms with van der Waals surface area (Å²) < 4.78 is 7.25. The Morgan fingerprint density at radius 1 is 1.19 bits per heavy atom. The van der Waals surface area contributed by atoms with Crippen LogP contribution in [0.5, 0.6) is 0 Å². The van der Waals surface area contributed by atoms with Crippen LogP contribution in [0, 0.1) is 12.8 Å². The Hall–Kier alpha value is -1.79. The minimum atomic E-state index is -0.152. The minimum absolute atomic E-state index is 0.152. The van der Waals surface area contributed by atoms with Crippen LogP contribution in [-0.2, 0) is 17.8 Å². The van der Waals surface area contributed by atoms with Gasteiger partial charge in [0.1, 0.15) is 17.0 Å². The summed E-state index contributed by atoms with van der Waals surface area (Å²) in [6.07, 6.45) is 5.09. The fraction of sp³-hybridized carbons (Fsp3) is 0.571. The van der Waals surface area contributed by atoms with Crippen molar-refractivity contribution in [2.75, 3.05) is 18.0 Å². The number of aromatic nitrogens is 3. The maximum atomic E-state index is 6.06. The van der Waals surface area contributed by atoms with Crippen LogP contribution >= 0.6 is 11.3 Å². The number of rotatable bonds is 1. The summed E-state index contributed by atoms with van der Waals surface area (Å²) in [4.78, 5) is 17.9. The third-order valence-electron chi connectivity index (χ3n) is 6.10. The van der Waals surface area contributed by atoms with Crippen LogP contribution in [0.2, 0.25) is 0 Å². The molecular weight excluding hydrogens is 356 g/mol. The molecule has 27 heavy (non-hydrogen) atoms. The molecule has 0 aromatic carbocycles. The molecule has 0 aliphatic carbocycles. The number of anilines is 1. The van der Waals surface area contributed by atoms with Gasteiger partial charge >= 0.3 is 0 Å². The summed E-state index contributed by atoms with van der Waals surface area (Å²) >= 11 is 1.75. The molecule has 5 rings (SSSR count). The first-order valence-electron chi connectivity index (χ1n) is 9.87. The first-order valence-corrected chi connectivity index (χ1v) is 10.7. The molecule has 1 fully saturated rings. The van der Waals surface area contributed by atoms with Crippen molar-refractivity contribution in [1.29, 1.82) is 0 Å². The zero-order valence-electron chi connectivity index (χ0n) is 16.5. The van der Waals surface area contributed by atoms with Crippen molar-refractivity contribution < 1.29 is 4.74 Å². The van der Waals surface area contributed by atoms with E-state index in [9.17, 15) is 0 Å². The lowest BCUT2D eigenvalue weighted by Crippen LogP contribution is -2.33. The summed E-state index contributed by atoms with van der Waals surface area (Å²) in [5, 5.41) is 1.22. The maximum absolute atomic E-state index is 6.06. The lowest BCUT2D eigenvalue weighted by molar-refractivity contribution is -0.0400. The lowest BCUT2D eigenvalue weighted by atomic mass is 9.89. The van der Waals surface area contributed by atoms with Crippen molar-refractivity contribution in [2.45, 2.75) is 59.2 Å². The molecule has 0 radical (unpaired) electrons. The molecule has 6 heteroatoms. The Morgan fingerprint density at radius 3 is 2.74 bits per heavy atom. The van der Waals surface area contributed by atoms with E-state index in [-0.39, 0.29) is 5.60 Å². The zero-order valence-corrected chi connectivity index (χ0v) is 17.3. The molecule has 0 saturated carbocycles. The molecule has 2 aliphatic rings. The molecule has 3 aromatic heterocycles. The van der Waals surface area contributed by atoms with Crippen molar-refractivity contribution in [2.24, 2.45) is 5.92 Å². The van der Waals surface area contributed by atoms with Crippen molar-refractivity contribution >= 4 is 37.6 Å². The number of aryl methyl sites for hydroxylation is 1. The van der Waals surface area contributed by atoms with Crippen molar-refractivity contribution in [3.8, 4) is 0 Å². The van der Waals surface area contributed by atoms with Crippen LogP contribution < -0.4 is 4.90 Å². The SMILES string of the molecule is Cc1nc2sc3c(N4CCC(C)CC4)ncnc3c2c2c1COC(C)(C)C2. The standard InChI is InChI=1S/C21H26N4OS/c1-12-5-7-25(8-6-12)19-18-17(22-11-23-19)16-14-9-21(3,4)26-10-15(14)13(2)24-20(16)27-18/h11-12H,5-10H2,1-4H3. The maximum Gasteiger partial charge on any atom is 0.150 e. The van der Waals surface area contributed by atoms with Gasteiger partial charge in [-0.15, -0.1) is 11.3 Å². The van der Waals surface area contributed by atoms with E-state index < -0.39 is 0 Å². The minimum Gasteiger partial charge on any atom is -0.370 e. The van der Waals surface area contributed by atoms with E-state index in [2.05, 4.69) is 37.6 Å². The molecule has 0 atom stereocenters. The quantitative estimate of drug-likeness (QED) is 0.614. The smallest absolute Gasteiger partial charge is 0.150 e. The average molecular weight is 383 g/mol. The van der Waals surface area contributed by atoms with Crippen LogP contribution in [0.3, 0.4) is 0 Å². The highest BCUT2D eigenvalue weighted by Crippen LogP contribution is 2.42. The summed E-state index contributed by atoms with van der Waals surface area (Å²) in [7, 11) is 0. The van der Waals surface area contributed by atoms with Gasteiger partial charge in [-0.2, -0.15) is 0 Å². The van der Waals surface area contributed by atoms with Gasteiger partial charge in [0, 0.05) is 36.2 Å². The van der Waals surface area contributed by atoms with Crippen LogP contribution in [0.4, 0.5) is 5.82 Å². The molecule has 0 bridgehead atoms. The molecule has 1 saturated heterocycles. The Bertz CT molecular complexity index is 1030. The van der Waals surface area contributed by atoms with Gasteiger partial charge in [0.15, 0.2) is 0 Å². The van der Waals surface area contributed by atoms with Crippen LogP contribution in [0.15, 0.2) is 6.33 Å². The molecule has 0 N–H and O–H groups in total. The zero-order chi connectivity index (χ0) is 18.8. The van der Waals surface area contributed by atoms with Gasteiger partial charge in [0.2, 0.25) is 0 Å². The lowest BCUT2D eigenvalue weighted by Gasteiger charge is -2.32. The second kappa shape index (κ2) is 6.11. The van der Waals surface area contributed by atoms with Gasteiger partial charge in [0.25, 0.3) is 0 Å². The number of fused-ring (bicyclic) bond motifs is 5. The summed E-state index contributed by atoms with van der Waals surface area (Å²) in [5.74, 6) is 1.90. The van der Waals surface area contributed by atoms with Crippen LogP contribution in [0.25, 0.3) is 20.4 Å². The molecule has 0 spiro atoms. The molecule has 5 nitrogen and oxygen atoms in total. The second-order valence-corrected chi connectivity index (χ2v) is 9.71. The number of ether oxygens (including phenoxy) is 1. The molecule has 0 amide bonds. The van der Waals surface area contributed by atoms with Gasteiger partial charge < -0.3 is 9.64 Å². The Labute approximate surface area is 163 Å². The summed E-state index contributed by atoms with van der Waals surface area (Å²) in [6, 6.07) is 0. The number of piperidine rings is 1. The fourth-order valence-electron chi connectivity index (χ4n) is 4.40. The van der Waals surface area contributed by atoms with Crippen molar-refractivity contribution in [1.82, 2.24) is 15.0 Å². The number of hydrogen-bond acceptors (Lipinski definition) is 6. The van der Waals surface area contributed by atoms with E-state index in [1.165, 1.54) is 34.1 Å². The van der Waals surface area contributed by atoms with Gasteiger partial charge in [-0.25, -0.2) is 15.0 Å². The first kappa shape index (κ1) is 17.3. The topological polar surface area (TPSA) is 51.1 Å². The van der Waals surface area contributed by atoms with Crippen LogP contribution in [-0.4, -0.2) is 33.6 Å². The highest BCUT2D eigenvalue weighted by Gasteiger charge is 2.31. The fourth-order valence-corrected chi connectivity index (χ4v) is 5.62. The third-order valence-corrected chi connectivity index (χ3v) is 7.17. The van der Waals surface area contributed by atoms with Crippen molar-refractivity contribution in [3.63, 3.8) is 0 Å². The molecular formula is C21H26N4OS. The number of thiophene rings is 1. The largest absolute Gasteiger partial charge is 0.370 e. The van der Waals surface area contributed by atoms with E-state index in [1.807, 2.05) is 0 Å². The third kappa shape index (κ3) is 2.81. The average Bonchev–Trinajstić information content (AvgIpc) is 3.00. The Morgan fingerprint density at radius 2 is 1.96 bits per heavy atom. The number of pyridine rings is 1. The van der Waals surface area contributed by atoms with E-state index in [4.69, 9.17) is 14.7 Å². The van der Waals surface area contributed by atoms with E-state index in [0.717, 1.165) is 47.3 Å². The van der Waals surface area contributed by atoms with Gasteiger partial charge in [-0.05, 0) is 45.1 Å². The van der Waals surface area contributed by atoms with Gasteiger partial charge in [-0.1, -0.05) is 6.92 Å². The predicted octanol–water partition coefficient (Wildman–Crippen LogP) is 4.64. The Balaban J connectivity index is 1.73. The van der Waals surface area contributed by atoms with E-state index in [1.54, 1.807) is 17.7 Å². The highest BCUT2D eigenvalue weighted by atomic mass is 32.1. The van der Waals surface area contributed by atoms with E-state index >= 15 is 0 Å². The molecule has 142 valence electrons. The second-order valence-electron chi connectivity index (χ2n) is 8.71. The molecule has 0 unspecified atom stereocenters.